The lowest BCUT2D eigenvalue weighted by atomic mass is 10.1. The number of sulfonamides is 1. The number of hydrogen-bond acceptors (Lipinski definition) is 5. The first-order valence-electron chi connectivity index (χ1n) is 7.48. The summed E-state index contributed by atoms with van der Waals surface area (Å²) in [6, 6.07) is 9.89. The second kappa shape index (κ2) is 6.84. The van der Waals surface area contributed by atoms with Gasteiger partial charge in [0, 0.05) is 17.0 Å². The van der Waals surface area contributed by atoms with Crippen LogP contribution in [0.1, 0.15) is 16.3 Å². The molecule has 2 aromatic heterocycles. The van der Waals surface area contributed by atoms with Crippen LogP contribution in [0.15, 0.2) is 40.7 Å². The molecule has 0 radical (unpaired) electrons. The van der Waals surface area contributed by atoms with E-state index in [0.717, 1.165) is 16.1 Å². The van der Waals surface area contributed by atoms with Crippen LogP contribution in [0, 0.1) is 13.8 Å². The second-order valence-electron chi connectivity index (χ2n) is 5.40. The number of hydrogen-bond donors (Lipinski definition) is 2. The van der Waals surface area contributed by atoms with Crippen LogP contribution in [0.2, 0.25) is 0 Å². The third-order valence-electron chi connectivity index (χ3n) is 3.66. The summed E-state index contributed by atoms with van der Waals surface area (Å²) in [7, 11) is -3.57. The third kappa shape index (κ3) is 3.40. The summed E-state index contributed by atoms with van der Waals surface area (Å²) >= 11 is 1.53. The molecule has 0 aliphatic heterocycles. The zero-order chi connectivity index (χ0) is 17.2. The maximum atomic E-state index is 12.4. The lowest BCUT2D eigenvalue weighted by Crippen LogP contribution is -2.26. The average molecular weight is 362 g/mol. The molecule has 0 unspecified atom stereocenters. The Kier molecular flexibility index (Phi) is 4.79. The molecule has 0 aliphatic rings. The molecule has 3 rings (SSSR count). The number of thiazole rings is 1. The molecule has 0 fully saturated rings. The average Bonchev–Trinajstić information content (AvgIpc) is 3.15. The quantitative estimate of drug-likeness (QED) is 0.706. The van der Waals surface area contributed by atoms with Gasteiger partial charge in [0.05, 0.1) is 22.6 Å². The first-order chi connectivity index (χ1) is 11.5. The number of nitrogens with zero attached hydrogens (tertiary/aromatic N) is 2. The lowest BCUT2D eigenvalue weighted by molar-refractivity contribution is 0.580. The molecule has 0 saturated heterocycles. The Balaban J connectivity index is 1.71. The molecule has 0 saturated carbocycles. The van der Waals surface area contributed by atoms with Crippen LogP contribution >= 0.6 is 11.3 Å². The highest BCUT2D eigenvalue weighted by Crippen LogP contribution is 2.25. The van der Waals surface area contributed by atoms with Crippen molar-refractivity contribution in [2.75, 3.05) is 6.54 Å². The largest absolute Gasteiger partial charge is 0.281 e. The van der Waals surface area contributed by atoms with Gasteiger partial charge in [0.25, 0.3) is 0 Å². The van der Waals surface area contributed by atoms with Crippen LogP contribution in [0.5, 0.6) is 0 Å². The minimum absolute atomic E-state index is 0.232. The molecule has 0 spiro atoms. The van der Waals surface area contributed by atoms with Gasteiger partial charge < -0.3 is 0 Å². The SMILES string of the molecule is Cc1n[nH]c(C)c1S(=O)(=O)NCCc1scnc1-c1ccccc1. The fourth-order valence-electron chi connectivity index (χ4n) is 2.59. The van der Waals surface area contributed by atoms with Crippen molar-refractivity contribution >= 4 is 21.4 Å². The van der Waals surface area contributed by atoms with Crippen molar-refractivity contribution in [3.8, 4) is 11.3 Å². The van der Waals surface area contributed by atoms with E-state index >= 15 is 0 Å². The predicted octanol–water partition coefficient (Wildman–Crippen LogP) is 2.67. The molecule has 8 heteroatoms. The van der Waals surface area contributed by atoms with Crippen LogP contribution in [0.4, 0.5) is 0 Å². The summed E-state index contributed by atoms with van der Waals surface area (Å²) < 4.78 is 27.5. The Hall–Kier alpha value is -2.03. The smallest absolute Gasteiger partial charge is 0.244 e. The summed E-state index contributed by atoms with van der Waals surface area (Å²) in [5.41, 5.74) is 4.76. The normalized spacial score (nSPS) is 11.8. The molecular formula is C16H18N4O2S2. The van der Waals surface area contributed by atoms with Crippen LogP contribution in [-0.4, -0.2) is 30.1 Å². The van der Waals surface area contributed by atoms with Gasteiger partial charge in [-0.15, -0.1) is 11.3 Å². The van der Waals surface area contributed by atoms with Gasteiger partial charge in [-0.05, 0) is 20.3 Å². The van der Waals surface area contributed by atoms with Gasteiger partial charge in [-0.1, -0.05) is 30.3 Å². The monoisotopic (exact) mass is 362 g/mol. The fourth-order valence-corrected chi connectivity index (χ4v) is 4.77. The topological polar surface area (TPSA) is 87.7 Å². The molecule has 126 valence electrons. The van der Waals surface area contributed by atoms with E-state index in [9.17, 15) is 8.42 Å². The number of nitrogens with one attached hydrogen (secondary N) is 2. The van der Waals surface area contributed by atoms with Gasteiger partial charge in [0.1, 0.15) is 4.90 Å². The molecule has 6 nitrogen and oxygen atoms in total. The van der Waals surface area contributed by atoms with Crippen LogP contribution < -0.4 is 4.72 Å². The summed E-state index contributed by atoms with van der Waals surface area (Å²) in [5.74, 6) is 0. The number of aromatic amines is 1. The summed E-state index contributed by atoms with van der Waals surface area (Å²) in [5, 5.41) is 6.64. The van der Waals surface area contributed by atoms with Gasteiger partial charge >= 0.3 is 0 Å². The zero-order valence-electron chi connectivity index (χ0n) is 13.4. The molecule has 0 atom stereocenters. The zero-order valence-corrected chi connectivity index (χ0v) is 15.0. The van der Waals surface area contributed by atoms with Crippen molar-refractivity contribution in [3.63, 3.8) is 0 Å². The summed E-state index contributed by atoms with van der Waals surface area (Å²) in [6.45, 7) is 3.69. The maximum absolute atomic E-state index is 12.4. The molecular weight excluding hydrogens is 344 g/mol. The van der Waals surface area contributed by atoms with E-state index in [1.54, 1.807) is 19.4 Å². The van der Waals surface area contributed by atoms with Gasteiger partial charge in [0.2, 0.25) is 10.0 Å². The van der Waals surface area contributed by atoms with E-state index in [1.807, 2.05) is 30.3 Å². The first kappa shape index (κ1) is 16.8. The minimum Gasteiger partial charge on any atom is -0.281 e. The van der Waals surface area contributed by atoms with E-state index in [4.69, 9.17) is 0 Å². The lowest BCUT2D eigenvalue weighted by Gasteiger charge is -2.07. The summed E-state index contributed by atoms with van der Waals surface area (Å²) in [4.78, 5) is 5.70. The summed E-state index contributed by atoms with van der Waals surface area (Å²) in [6.07, 6.45) is 0.587. The highest BCUT2D eigenvalue weighted by molar-refractivity contribution is 7.89. The first-order valence-corrected chi connectivity index (χ1v) is 9.84. The number of aryl methyl sites for hydroxylation is 2. The minimum atomic E-state index is -3.57. The van der Waals surface area contributed by atoms with Crippen LogP contribution in [0.3, 0.4) is 0 Å². The fraction of sp³-hybridized carbons (Fsp3) is 0.250. The Morgan fingerprint density at radius 1 is 1.21 bits per heavy atom. The van der Waals surface area contributed by atoms with Crippen LogP contribution in [0.25, 0.3) is 11.3 Å². The van der Waals surface area contributed by atoms with E-state index in [1.165, 1.54) is 11.3 Å². The standard InChI is InChI=1S/C16H18N4O2S2/c1-11-16(12(2)20-19-11)24(21,22)18-9-8-14-15(17-10-23-14)13-6-4-3-5-7-13/h3-7,10,18H,8-9H2,1-2H3,(H,19,20). The Morgan fingerprint density at radius 2 is 1.96 bits per heavy atom. The molecule has 0 bridgehead atoms. The van der Waals surface area contributed by atoms with Crippen molar-refractivity contribution in [2.45, 2.75) is 25.2 Å². The Bertz CT molecular complexity index is 911. The second-order valence-corrected chi connectivity index (χ2v) is 8.04. The molecule has 0 amide bonds. The molecule has 2 heterocycles. The molecule has 24 heavy (non-hydrogen) atoms. The van der Waals surface area contributed by atoms with Crippen LogP contribution in [-0.2, 0) is 16.4 Å². The Labute approximate surface area is 145 Å². The molecule has 1 aromatic carbocycles. The van der Waals surface area contributed by atoms with Gasteiger partial charge in [-0.2, -0.15) is 5.10 Å². The van der Waals surface area contributed by atoms with E-state index in [-0.39, 0.29) is 4.90 Å². The van der Waals surface area contributed by atoms with Crippen molar-refractivity contribution in [1.29, 1.82) is 0 Å². The Morgan fingerprint density at radius 3 is 2.62 bits per heavy atom. The van der Waals surface area contributed by atoms with Crippen molar-refractivity contribution in [3.05, 3.63) is 52.1 Å². The highest BCUT2D eigenvalue weighted by atomic mass is 32.2. The number of aromatic nitrogens is 3. The molecule has 0 aliphatic carbocycles. The van der Waals surface area contributed by atoms with Gasteiger partial charge in [-0.25, -0.2) is 18.1 Å². The van der Waals surface area contributed by atoms with Gasteiger partial charge in [-0.3, -0.25) is 5.10 Å². The van der Waals surface area contributed by atoms with Gasteiger partial charge in [0.15, 0.2) is 0 Å². The number of benzene rings is 1. The van der Waals surface area contributed by atoms with Crippen molar-refractivity contribution < 1.29 is 8.42 Å². The molecule has 3 aromatic rings. The molecule has 2 N–H and O–H groups in total. The number of rotatable bonds is 6. The number of H-pyrrole nitrogens is 1. The van der Waals surface area contributed by atoms with Crippen molar-refractivity contribution in [2.24, 2.45) is 0 Å². The third-order valence-corrected chi connectivity index (χ3v) is 6.28. The van der Waals surface area contributed by atoms with E-state index in [2.05, 4.69) is 19.9 Å². The van der Waals surface area contributed by atoms with E-state index < -0.39 is 10.0 Å². The maximum Gasteiger partial charge on any atom is 0.244 e. The predicted molar refractivity (Wildman–Crippen MR) is 94.5 cm³/mol. The van der Waals surface area contributed by atoms with Crippen molar-refractivity contribution in [1.82, 2.24) is 19.9 Å². The highest BCUT2D eigenvalue weighted by Gasteiger charge is 2.22. The van der Waals surface area contributed by atoms with E-state index in [0.29, 0.717) is 24.4 Å².